The predicted molar refractivity (Wildman–Crippen MR) is 172 cm³/mol. The average molecular weight is 534 g/mol. The van der Waals surface area contributed by atoms with Gasteiger partial charge in [-0.1, -0.05) is 96.5 Å². The van der Waals surface area contributed by atoms with Crippen LogP contribution in [0.2, 0.25) is 0 Å². The van der Waals surface area contributed by atoms with E-state index in [1.54, 1.807) is 0 Å². The second-order valence-electron chi connectivity index (χ2n) is 10.9. The summed E-state index contributed by atoms with van der Waals surface area (Å²) in [6, 6.07) is 40.4. The summed E-state index contributed by atoms with van der Waals surface area (Å²) < 4.78 is 4.61. The van der Waals surface area contributed by atoms with E-state index in [1.807, 2.05) is 24.3 Å². The molecule has 0 bridgehead atoms. The zero-order valence-electron chi connectivity index (χ0n) is 22.2. The van der Waals surface area contributed by atoms with Crippen molar-refractivity contribution < 1.29 is 0 Å². The summed E-state index contributed by atoms with van der Waals surface area (Å²) in [5, 5.41) is 10.4. The second-order valence-corrected chi connectivity index (χ2v) is 10.9. The van der Waals surface area contributed by atoms with E-state index >= 15 is 0 Å². The summed E-state index contributed by atoms with van der Waals surface area (Å²) in [5.74, 6) is 0.872. The van der Waals surface area contributed by atoms with Crippen LogP contribution < -0.4 is 0 Å². The number of benzene rings is 6. The highest BCUT2D eigenvalue weighted by molar-refractivity contribution is 6.37. The quantitative estimate of drug-likeness (QED) is 0.197. The van der Waals surface area contributed by atoms with Gasteiger partial charge in [-0.05, 0) is 41.1 Å². The van der Waals surface area contributed by atoms with Crippen LogP contribution >= 0.6 is 0 Å². The third-order valence-corrected chi connectivity index (χ3v) is 8.87. The van der Waals surface area contributed by atoms with Gasteiger partial charge in [0, 0.05) is 37.7 Å². The fourth-order valence-corrected chi connectivity index (χ4v) is 7.21. The monoisotopic (exact) mass is 533 g/mol. The Hall–Kier alpha value is -5.99. The molecule has 42 heavy (non-hydrogen) atoms. The molecule has 0 unspecified atom stereocenters. The Morgan fingerprint density at radius 2 is 1.19 bits per heavy atom. The number of nitrogens with zero attached hydrogens (tertiary/aromatic N) is 5. The third-order valence-electron chi connectivity index (χ3n) is 8.87. The zero-order chi connectivity index (χ0) is 27.5. The van der Waals surface area contributed by atoms with E-state index in [-0.39, 0.29) is 0 Å². The Bertz CT molecular complexity index is 2810. The lowest BCUT2D eigenvalue weighted by atomic mass is 10.00. The minimum Gasteiger partial charge on any atom is -0.360 e. The Morgan fingerprint density at radius 3 is 2.02 bits per heavy atom. The smallest absolute Gasteiger partial charge is 0.332 e. The van der Waals surface area contributed by atoms with E-state index in [0.29, 0.717) is 11.8 Å². The van der Waals surface area contributed by atoms with Crippen LogP contribution in [0.25, 0.3) is 92.4 Å². The summed E-state index contributed by atoms with van der Waals surface area (Å²) in [6.45, 7) is 7.94. The number of hydrogen-bond acceptors (Lipinski definition) is 2. The van der Waals surface area contributed by atoms with E-state index in [1.165, 1.54) is 48.9 Å². The second kappa shape index (κ2) is 7.60. The normalized spacial score (nSPS) is 12.3. The first kappa shape index (κ1) is 21.8. The summed E-state index contributed by atoms with van der Waals surface area (Å²) in [4.78, 5) is 13.8. The maximum Gasteiger partial charge on any atom is 0.332 e. The van der Waals surface area contributed by atoms with Crippen molar-refractivity contribution in [3.8, 4) is 5.95 Å². The number of para-hydroxylation sites is 3. The minimum atomic E-state index is 0.360. The molecule has 0 N–H and O–H groups in total. The van der Waals surface area contributed by atoms with Gasteiger partial charge in [0.25, 0.3) is 5.82 Å². The van der Waals surface area contributed by atoms with Gasteiger partial charge in [0.1, 0.15) is 0 Å². The van der Waals surface area contributed by atoms with Crippen LogP contribution in [0.5, 0.6) is 0 Å². The topological polar surface area (TPSA) is 39.5 Å². The van der Waals surface area contributed by atoms with Gasteiger partial charge in [-0.3, -0.25) is 4.57 Å². The summed E-state index contributed by atoms with van der Waals surface area (Å²) in [5.41, 5.74) is 6.42. The van der Waals surface area contributed by atoms with Crippen LogP contribution in [-0.4, -0.2) is 18.9 Å². The molecular formula is C37H19N5. The molecule has 10 aromatic rings. The lowest BCUT2D eigenvalue weighted by molar-refractivity contribution is 1.02. The molecule has 0 aliphatic heterocycles. The van der Waals surface area contributed by atoms with Gasteiger partial charge in [-0.25, -0.2) is 0 Å². The van der Waals surface area contributed by atoms with Crippen LogP contribution in [0.1, 0.15) is 0 Å². The molecule has 0 spiro atoms. The summed E-state index contributed by atoms with van der Waals surface area (Å²) in [6.07, 6.45) is 0. The van der Waals surface area contributed by atoms with Gasteiger partial charge in [0.05, 0.1) is 33.1 Å². The summed E-state index contributed by atoms with van der Waals surface area (Å²) >= 11 is 0. The van der Waals surface area contributed by atoms with Crippen molar-refractivity contribution in [3.05, 3.63) is 127 Å². The van der Waals surface area contributed by atoms with Crippen molar-refractivity contribution in [2.75, 3.05) is 0 Å². The Labute approximate surface area is 238 Å². The molecule has 0 amide bonds. The molecule has 5 nitrogen and oxygen atoms in total. The molecule has 6 aromatic carbocycles. The maximum absolute atomic E-state index is 7.94. The highest BCUT2D eigenvalue weighted by Crippen LogP contribution is 2.47. The van der Waals surface area contributed by atoms with Crippen molar-refractivity contribution in [1.29, 1.82) is 0 Å². The van der Waals surface area contributed by atoms with Crippen molar-refractivity contribution in [2.45, 2.75) is 0 Å². The first-order valence-corrected chi connectivity index (χ1v) is 14.0. The predicted octanol–water partition coefficient (Wildman–Crippen LogP) is 9.58. The highest BCUT2D eigenvalue weighted by Gasteiger charge is 2.27. The maximum atomic E-state index is 7.94. The Morgan fingerprint density at radius 1 is 0.524 bits per heavy atom. The van der Waals surface area contributed by atoms with Crippen molar-refractivity contribution in [2.24, 2.45) is 0 Å². The molecule has 192 valence electrons. The number of rotatable bonds is 1. The molecule has 0 saturated carbocycles. The third kappa shape index (κ3) is 2.53. The van der Waals surface area contributed by atoms with Crippen molar-refractivity contribution >= 4 is 87.4 Å². The lowest BCUT2D eigenvalue weighted by Gasteiger charge is -2.08. The average Bonchev–Trinajstić information content (AvgIpc) is 3.69. The van der Waals surface area contributed by atoms with Crippen LogP contribution in [0, 0.1) is 6.57 Å². The molecule has 0 saturated heterocycles. The standard InChI is InChI=1S/C37H19N5/c1-38-36-25-14-4-7-15-28(25)39-37(40-36)42-30-17-9-6-13-24(30)27-20-26-23-12-5-8-16-29(23)41-31-19-18-21-10-2-3-11-22(21)32(31)33(34(26)41)35(27)42/h2-20H. The van der Waals surface area contributed by atoms with E-state index in [9.17, 15) is 0 Å². The highest BCUT2D eigenvalue weighted by atomic mass is 15.2. The number of hydrogen-bond donors (Lipinski definition) is 0. The van der Waals surface area contributed by atoms with Crippen LogP contribution in [-0.2, 0) is 0 Å². The van der Waals surface area contributed by atoms with Gasteiger partial charge in [0.15, 0.2) is 0 Å². The first-order chi connectivity index (χ1) is 20.8. The molecule has 0 aliphatic rings. The van der Waals surface area contributed by atoms with Gasteiger partial charge >= 0.3 is 5.95 Å². The lowest BCUT2D eigenvalue weighted by Crippen LogP contribution is -2.01. The van der Waals surface area contributed by atoms with Crippen molar-refractivity contribution in [1.82, 2.24) is 18.9 Å². The SMILES string of the molecule is [C-]#[N+]c1nc(-n2c3ccccc3c3cc4c5ccccc5n5c6ccc7ccccc7c6c(c32)c45)nc2ccccc12. The van der Waals surface area contributed by atoms with Gasteiger partial charge in [-0.15, -0.1) is 0 Å². The first-order valence-electron chi connectivity index (χ1n) is 14.0. The Kier molecular flexibility index (Phi) is 3.94. The van der Waals surface area contributed by atoms with E-state index in [4.69, 9.17) is 16.5 Å². The van der Waals surface area contributed by atoms with Gasteiger partial charge in [-0.2, -0.15) is 4.98 Å². The molecule has 0 fully saturated rings. The van der Waals surface area contributed by atoms with E-state index < -0.39 is 0 Å². The van der Waals surface area contributed by atoms with E-state index in [2.05, 4.69) is 105 Å². The number of aromatic nitrogens is 4. The fourth-order valence-electron chi connectivity index (χ4n) is 7.21. The Balaban J connectivity index is 1.55. The molecule has 4 aromatic heterocycles. The molecular weight excluding hydrogens is 514 g/mol. The minimum absolute atomic E-state index is 0.360. The zero-order valence-corrected chi connectivity index (χ0v) is 22.2. The molecule has 0 atom stereocenters. The summed E-state index contributed by atoms with van der Waals surface area (Å²) in [7, 11) is 0. The molecule has 0 aliphatic carbocycles. The molecule has 0 radical (unpaired) electrons. The largest absolute Gasteiger partial charge is 0.360 e. The van der Waals surface area contributed by atoms with Crippen LogP contribution in [0.4, 0.5) is 5.82 Å². The van der Waals surface area contributed by atoms with Crippen molar-refractivity contribution in [3.63, 3.8) is 0 Å². The molecule has 5 heteroatoms. The molecule has 4 heterocycles. The van der Waals surface area contributed by atoms with E-state index in [0.717, 1.165) is 32.7 Å². The van der Waals surface area contributed by atoms with Crippen LogP contribution in [0.3, 0.4) is 0 Å². The fraction of sp³-hybridized carbons (Fsp3) is 0. The van der Waals surface area contributed by atoms with Crippen LogP contribution in [0.15, 0.2) is 115 Å². The molecule has 10 rings (SSSR count). The van der Waals surface area contributed by atoms with Gasteiger partial charge in [0.2, 0.25) is 0 Å². The van der Waals surface area contributed by atoms with Gasteiger partial charge < -0.3 is 9.25 Å². The number of fused-ring (bicyclic) bond motifs is 13.